The molecule has 3 aromatic rings. The molecule has 1 aromatic heterocycles. The van der Waals surface area contributed by atoms with Crippen LogP contribution in [0.1, 0.15) is 28.5 Å². The van der Waals surface area contributed by atoms with Gasteiger partial charge in [0.25, 0.3) is 5.56 Å². The van der Waals surface area contributed by atoms with Crippen molar-refractivity contribution in [2.75, 3.05) is 0 Å². The minimum atomic E-state index is -0.186. The van der Waals surface area contributed by atoms with E-state index in [1.807, 2.05) is 62.5 Å². The number of allylic oxidation sites excluding steroid dienone is 2. The molecule has 0 unspecified atom stereocenters. The Bertz CT molecular complexity index is 1180. The van der Waals surface area contributed by atoms with Gasteiger partial charge in [0.1, 0.15) is 0 Å². The van der Waals surface area contributed by atoms with E-state index < -0.39 is 0 Å². The second-order valence-electron chi connectivity index (χ2n) is 6.61. The van der Waals surface area contributed by atoms with Gasteiger partial charge in [0.2, 0.25) is 0 Å². The molecule has 27 heavy (non-hydrogen) atoms. The van der Waals surface area contributed by atoms with Crippen molar-refractivity contribution >= 4 is 17.2 Å². The summed E-state index contributed by atoms with van der Waals surface area (Å²) in [5.74, 6) is -0.00368. The highest BCUT2D eigenvalue weighted by atomic mass is 16.1. The van der Waals surface area contributed by atoms with Crippen LogP contribution < -0.4 is 5.56 Å². The highest BCUT2D eigenvalue weighted by molar-refractivity contribution is 6.26. The summed E-state index contributed by atoms with van der Waals surface area (Å²) in [5.41, 5.74) is 4.36. The number of fused-ring (bicyclic) bond motifs is 1. The van der Waals surface area contributed by atoms with Crippen LogP contribution in [0.15, 0.2) is 76.0 Å². The third-order valence-corrected chi connectivity index (χ3v) is 4.92. The van der Waals surface area contributed by atoms with Gasteiger partial charge < -0.3 is 0 Å². The largest absolute Gasteiger partial charge is 0.297 e. The molecule has 0 aliphatic heterocycles. The second-order valence-corrected chi connectivity index (χ2v) is 6.61. The Morgan fingerprint density at radius 2 is 1.48 bits per heavy atom. The third kappa shape index (κ3) is 2.68. The summed E-state index contributed by atoms with van der Waals surface area (Å²) in [6.07, 6.45) is 1.75. The molecule has 0 bridgehead atoms. The summed E-state index contributed by atoms with van der Waals surface area (Å²) >= 11 is 0. The number of rotatable bonds is 2. The first-order valence-corrected chi connectivity index (χ1v) is 8.74. The molecule has 1 aliphatic rings. The van der Waals surface area contributed by atoms with Crippen LogP contribution >= 0.6 is 0 Å². The van der Waals surface area contributed by atoms with Crippen LogP contribution in [0.4, 0.5) is 5.69 Å². The zero-order chi connectivity index (χ0) is 19.1. The summed E-state index contributed by atoms with van der Waals surface area (Å²) in [6.45, 7) is 3.64. The maximum atomic E-state index is 13.1. The number of ketones is 1. The van der Waals surface area contributed by atoms with E-state index in [0.717, 1.165) is 16.9 Å². The van der Waals surface area contributed by atoms with E-state index in [1.165, 1.54) is 0 Å². The molecule has 0 amide bonds. The quantitative estimate of drug-likeness (QED) is 0.701. The molecule has 1 aliphatic carbocycles. The van der Waals surface area contributed by atoms with Crippen LogP contribution in [0.2, 0.25) is 0 Å². The number of carbonyl (C=O) groups excluding carboxylic acids is 1. The maximum absolute atomic E-state index is 13.1. The summed E-state index contributed by atoms with van der Waals surface area (Å²) in [4.78, 5) is 30.2. The van der Waals surface area contributed by atoms with Crippen LogP contribution in [-0.4, -0.2) is 20.9 Å². The second kappa shape index (κ2) is 6.36. The molecule has 0 spiro atoms. The normalized spacial score (nSPS) is 15.0. The van der Waals surface area contributed by atoms with Gasteiger partial charge >= 0.3 is 0 Å². The fraction of sp³-hybridized carbons (Fsp3) is 0.136. The van der Waals surface area contributed by atoms with Crippen LogP contribution in [0.25, 0.3) is 5.69 Å². The molecule has 5 nitrogen and oxygen atoms in total. The molecule has 0 saturated heterocycles. The van der Waals surface area contributed by atoms with Crippen molar-refractivity contribution < 1.29 is 4.79 Å². The number of Topliss-reactive ketones (excluding diaryl/α,β-unsaturated/α-hetero) is 1. The molecule has 0 N–H and O–H groups in total. The Morgan fingerprint density at radius 1 is 0.852 bits per heavy atom. The highest BCUT2D eigenvalue weighted by Gasteiger charge is 2.23. The van der Waals surface area contributed by atoms with Gasteiger partial charge in [0.05, 0.1) is 17.1 Å². The zero-order valence-corrected chi connectivity index (χ0v) is 15.4. The van der Waals surface area contributed by atoms with Crippen molar-refractivity contribution in [2.45, 2.75) is 13.8 Å². The van der Waals surface area contributed by atoms with E-state index in [4.69, 9.17) is 0 Å². The molecule has 5 heteroatoms. The number of carbonyl (C=O) groups is 1. The molecule has 134 valence electrons. The molecule has 4 rings (SSSR count). The smallest absolute Gasteiger partial charge is 0.289 e. The average molecular weight is 357 g/mol. The highest BCUT2D eigenvalue weighted by Crippen LogP contribution is 2.25. The fourth-order valence-electron chi connectivity index (χ4n) is 3.36. The van der Waals surface area contributed by atoms with E-state index in [0.29, 0.717) is 22.5 Å². The van der Waals surface area contributed by atoms with Crippen LogP contribution in [0.5, 0.6) is 0 Å². The minimum absolute atomic E-state index is 0.00368. The number of nitrogens with zero attached hydrogens (tertiary/aromatic N) is 3. The molecule has 0 radical (unpaired) electrons. The van der Waals surface area contributed by atoms with Crippen LogP contribution in [0, 0.1) is 6.92 Å². The van der Waals surface area contributed by atoms with Gasteiger partial charge in [-0.3, -0.25) is 14.3 Å². The van der Waals surface area contributed by atoms with Crippen molar-refractivity contribution in [3.8, 4) is 5.69 Å². The lowest BCUT2D eigenvalue weighted by Crippen LogP contribution is -2.20. The zero-order valence-electron chi connectivity index (χ0n) is 15.4. The lowest BCUT2D eigenvalue weighted by molar-refractivity contribution is 0.103. The van der Waals surface area contributed by atoms with Gasteiger partial charge in [-0.15, -0.1) is 0 Å². The standard InChI is InChI=1S/C22H19N3O2/c1-14-13-19(17-11-7-8-12-18(17)21(14)26)23-20-15(2)24(3)25(22(20)27)16-9-5-4-6-10-16/h4-13H,1-3H3. The van der Waals surface area contributed by atoms with Gasteiger partial charge in [-0.1, -0.05) is 42.5 Å². The van der Waals surface area contributed by atoms with Gasteiger partial charge in [-0.25, -0.2) is 9.67 Å². The van der Waals surface area contributed by atoms with Crippen molar-refractivity contribution in [3.05, 3.63) is 93.4 Å². The molecule has 0 fully saturated rings. The number of aliphatic imine (C=N–C) groups is 1. The van der Waals surface area contributed by atoms with Crippen molar-refractivity contribution in [2.24, 2.45) is 12.0 Å². The van der Waals surface area contributed by atoms with E-state index in [2.05, 4.69) is 4.99 Å². The Hall–Kier alpha value is -3.47. The molecular weight excluding hydrogens is 338 g/mol. The van der Waals surface area contributed by atoms with Gasteiger partial charge in [0.15, 0.2) is 11.5 Å². The van der Waals surface area contributed by atoms with E-state index in [9.17, 15) is 9.59 Å². The molecular formula is C22H19N3O2. The first-order valence-electron chi connectivity index (χ1n) is 8.74. The topological polar surface area (TPSA) is 56.4 Å². The summed E-state index contributed by atoms with van der Waals surface area (Å²) < 4.78 is 3.40. The molecule has 2 aromatic carbocycles. The Morgan fingerprint density at radius 3 is 2.19 bits per heavy atom. The van der Waals surface area contributed by atoms with E-state index >= 15 is 0 Å². The first-order chi connectivity index (χ1) is 13.0. The SMILES string of the molecule is CC1=CC(=Nc2c(C)n(C)n(-c3ccccc3)c2=O)c2ccccc2C1=O. The Labute approximate surface area is 156 Å². The average Bonchev–Trinajstić information content (AvgIpc) is 2.90. The number of hydrogen-bond donors (Lipinski definition) is 0. The minimum Gasteiger partial charge on any atom is -0.289 e. The number of hydrogen-bond acceptors (Lipinski definition) is 3. The van der Waals surface area contributed by atoms with Gasteiger partial charge in [0, 0.05) is 18.2 Å². The van der Waals surface area contributed by atoms with Gasteiger partial charge in [-0.2, -0.15) is 0 Å². The molecule has 1 heterocycles. The maximum Gasteiger partial charge on any atom is 0.297 e. The lowest BCUT2D eigenvalue weighted by atomic mass is 9.90. The lowest BCUT2D eigenvalue weighted by Gasteiger charge is -2.14. The third-order valence-electron chi connectivity index (χ3n) is 4.92. The Balaban J connectivity index is 1.94. The van der Waals surface area contributed by atoms with E-state index in [-0.39, 0.29) is 11.3 Å². The summed E-state index contributed by atoms with van der Waals surface area (Å²) in [6, 6.07) is 16.8. The summed E-state index contributed by atoms with van der Waals surface area (Å²) in [7, 11) is 1.84. The predicted molar refractivity (Wildman–Crippen MR) is 106 cm³/mol. The number of benzene rings is 2. The van der Waals surface area contributed by atoms with Crippen molar-refractivity contribution in [1.29, 1.82) is 0 Å². The van der Waals surface area contributed by atoms with Crippen molar-refractivity contribution in [3.63, 3.8) is 0 Å². The molecule has 0 saturated carbocycles. The fourth-order valence-corrected chi connectivity index (χ4v) is 3.36. The Kier molecular flexibility index (Phi) is 4.00. The predicted octanol–water partition coefficient (Wildman–Crippen LogP) is 3.75. The van der Waals surface area contributed by atoms with Crippen LogP contribution in [0.3, 0.4) is 0 Å². The van der Waals surface area contributed by atoms with Crippen molar-refractivity contribution in [1.82, 2.24) is 9.36 Å². The number of para-hydroxylation sites is 1. The van der Waals surface area contributed by atoms with Crippen LogP contribution in [-0.2, 0) is 7.05 Å². The first kappa shape index (κ1) is 17.0. The summed E-state index contributed by atoms with van der Waals surface area (Å²) in [5, 5.41) is 0. The van der Waals surface area contributed by atoms with Gasteiger partial charge in [-0.05, 0) is 37.6 Å². The van der Waals surface area contributed by atoms with E-state index in [1.54, 1.807) is 28.4 Å². The molecule has 0 atom stereocenters. The monoisotopic (exact) mass is 357 g/mol. The number of aromatic nitrogens is 2.